The van der Waals surface area contributed by atoms with Crippen molar-refractivity contribution < 1.29 is 10.2 Å². The molecule has 4 nitrogen and oxygen atoms in total. The van der Waals surface area contributed by atoms with Crippen LogP contribution in [-0.4, -0.2) is 25.6 Å². The molecule has 0 bridgehead atoms. The molecule has 1 heterocycles. The number of hydrogen-bond acceptors (Lipinski definition) is 3. The van der Waals surface area contributed by atoms with E-state index in [0.29, 0.717) is 5.69 Å². The maximum Gasteiger partial charge on any atom is 0.125 e. The van der Waals surface area contributed by atoms with Crippen LogP contribution in [0.25, 0.3) is 0 Å². The molecule has 0 radical (unpaired) electrons. The summed E-state index contributed by atoms with van der Waals surface area (Å²) in [7, 11) is 0. The summed E-state index contributed by atoms with van der Waals surface area (Å²) in [6.45, 7) is 5.92. The Labute approximate surface area is 98.0 Å². The van der Waals surface area contributed by atoms with Gasteiger partial charge in [-0.15, -0.1) is 0 Å². The number of halogens is 1. The standard InChI is InChI=1S/C10H17BrN2O2/c1-4-5-13-8(7(11)6-12-13)9(14)10(2,3)15/h6,9,14-15H,4-5H2,1-3H3. The molecule has 0 amide bonds. The topological polar surface area (TPSA) is 58.3 Å². The third kappa shape index (κ3) is 2.80. The molecule has 0 spiro atoms. The first-order chi connectivity index (χ1) is 6.88. The van der Waals surface area contributed by atoms with Crippen molar-refractivity contribution in [2.24, 2.45) is 0 Å². The van der Waals surface area contributed by atoms with E-state index in [0.717, 1.165) is 17.4 Å². The molecule has 5 heteroatoms. The van der Waals surface area contributed by atoms with Gasteiger partial charge in [0, 0.05) is 6.54 Å². The van der Waals surface area contributed by atoms with Crippen molar-refractivity contribution in [1.29, 1.82) is 0 Å². The van der Waals surface area contributed by atoms with Crippen LogP contribution >= 0.6 is 15.9 Å². The van der Waals surface area contributed by atoms with E-state index in [9.17, 15) is 10.2 Å². The van der Waals surface area contributed by atoms with E-state index >= 15 is 0 Å². The quantitative estimate of drug-likeness (QED) is 0.883. The van der Waals surface area contributed by atoms with Gasteiger partial charge < -0.3 is 10.2 Å². The zero-order chi connectivity index (χ0) is 11.6. The summed E-state index contributed by atoms with van der Waals surface area (Å²) >= 11 is 3.33. The Bertz CT molecular complexity index is 331. The molecule has 1 rings (SSSR count). The molecule has 2 N–H and O–H groups in total. The maximum absolute atomic E-state index is 9.99. The van der Waals surface area contributed by atoms with Gasteiger partial charge in [0.2, 0.25) is 0 Å². The van der Waals surface area contributed by atoms with Gasteiger partial charge in [-0.25, -0.2) is 0 Å². The van der Waals surface area contributed by atoms with Crippen molar-refractivity contribution in [2.45, 2.75) is 45.4 Å². The number of rotatable bonds is 4. The number of nitrogens with zero attached hydrogens (tertiary/aromatic N) is 2. The number of hydrogen-bond donors (Lipinski definition) is 2. The van der Waals surface area contributed by atoms with Gasteiger partial charge in [-0.05, 0) is 36.2 Å². The predicted octanol–water partition coefficient (Wildman–Crippen LogP) is 1.86. The minimum atomic E-state index is -1.17. The van der Waals surface area contributed by atoms with Gasteiger partial charge in [0.1, 0.15) is 6.10 Å². The molecule has 1 aromatic rings. The van der Waals surface area contributed by atoms with Gasteiger partial charge >= 0.3 is 0 Å². The van der Waals surface area contributed by atoms with Crippen molar-refractivity contribution >= 4 is 15.9 Å². The van der Waals surface area contributed by atoms with Gasteiger partial charge in [-0.3, -0.25) is 4.68 Å². The molecular formula is C10H17BrN2O2. The molecule has 0 aliphatic carbocycles. The molecule has 0 saturated heterocycles. The predicted molar refractivity (Wildman–Crippen MR) is 61.5 cm³/mol. The fourth-order valence-corrected chi connectivity index (χ4v) is 1.88. The summed E-state index contributed by atoms with van der Waals surface area (Å²) in [4.78, 5) is 0. The highest BCUT2D eigenvalue weighted by Gasteiger charge is 2.30. The Hall–Kier alpha value is -0.390. The Morgan fingerprint density at radius 1 is 1.60 bits per heavy atom. The summed E-state index contributed by atoms with van der Waals surface area (Å²) in [6.07, 6.45) is 1.63. The Morgan fingerprint density at radius 3 is 2.67 bits per heavy atom. The first kappa shape index (κ1) is 12.7. The summed E-state index contributed by atoms with van der Waals surface area (Å²) in [5.41, 5.74) is -0.544. The first-order valence-corrected chi connectivity index (χ1v) is 5.78. The molecule has 1 unspecified atom stereocenters. The fourth-order valence-electron chi connectivity index (χ4n) is 1.37. The van der Waals surface area contributed by atoms with Crippen LogP contribution in [0.5, 0.6) is 0 Å². The van der Waals surface area contributed by atoms with Crippen LogP contribution in [0.1, 0.15) is 39.0 Å². The third-order valence-corrected chi connectivity index (χ3v) is 2.81. The van der Waals surface area contributed by atoms with Crippen LogP contribution < -0.4 is 0 Å². The number of aromatic nitrogens is 2. The van der Waals surface area contributed by atoms with E-state index in [1.165, 1.54) is 0 Å². The fraction of sp³-hybridized carbons (Fsp3) is 0.700. The van der Waals surface area contributed by atoms with E-state index < -0.39 is 11.7 Å². The zero-order valence-electron chi connectivity index (χ0n) is 9.24. The third-order valence-electron chi connectivity index (χ3n) is 2.20. The van der Waals surface area contributed by atoms with E-state index in [-0.39, 0.29) is 0 Å². The lowest BCUT2D eigenvalue weighted by atomic mass is 9.99. The number of aryl methyl sites for hydroxylation is 1. The lowest BCUT2D eigenvalue weighted by Crippen LogP contribution is -2.30. The second kappa shape index (κ2) is 4.63. The monoisotopic (exact) mass is 276 g/mol. The Morgan fingerprint density at radius 2 is 2.20 bits per heavy atom. The Balaban J connectivity index is 3.06. The first-order valence-electron chi connectivity index (χ1n) is 4.99. The molecule has 0 aromatic carbocycles. The normalized spacial score (nSPS) is 14.3. The Kier molecular flexibility index (Phi) is 3.92. The van der Waals surface area contributed by atoms with Crippen LogP contribution in [0.2, 0.25) is 0 Å². The number of aliphatic hydroxyl groups is 2. The molecule has 1 atom stereocenters. The van der Waals surface area contributed by atoms with E-state index in [2.05, 4.69) is 21.0 Å². The molecule has 0 aliphatic heterocycles. The van der Waals surface area contributed by atoms with Crippen LogP contribution in [-0.2, 0) is 6.54 Å². The highest BCUT2D eigenvalue weighted by molar-refractivity contribution is 9.10. The van der Waals surface area contributed by atoms with Crippen LogP contribution in [0, 0.1) is 0 Å². The lowest BCUT2D eigenvalue weighted by Gasteiger charge is -2.25. The molecule has 15 heavy (non-hydrogen) atoms. The van der Waals surface area contributed by atoms with Crippen molar-refractivity contribution in [2.75, 3.05) is 0 Å². The van der Waals surface area contributed by atoms with Crippen molar-refractivity contribution in [1.82, 2.24) is 9.78 Å². The second-order valence-corrected chi connectivity index (χ2v) is 5.01. The summed E-state index contributed by atoms with van der Waals surface area (Å²) in [5, 5.41) is 23.9. The summed E-state index contributed by atoms with van der Waals surface area (Å²) in [6, 6.07) is 0. The molecule has 0 fully saturated rings. The van der Waals surface area contributed by atoms with Gasteiger partial charge in [0.15, 0.2) is 0 Å². The molecule has 0 aliphatic rings. The maximum atomic E-state index is 9.99. The SMILES string of the molecule is CCCn1ncc(Br)c1C(O)C(C)(C)O. The smallest absolute Gasteiger partial charge is 0.125 e. The lowest BCUT2D eigenvalue weighted by molar-refractivity contribution is -0.0542. The summed E-state index contributed by atoms with van der Waals surface area (Å²) in [5.74, 6) is 0. The van der Waals surface area contributed by atoms with Crippen LogP contribution in [0.3, 0.4) is 0 Å². The van der Waals surface area contributed by atoms with Crippen molar-refractivity contribution in [3.63, 3.8) is 0 Å². The number of aliphatic hydroxyl groups excluding tert-OH is 1. The average molecular weight is 277 g/mol. The molecule has 86 valence electrons. The van der Waals surface area contributed by atoms with E-state index in [1.54, 1.807) is 24.7 Å². The van der Waals surface area contributed by atoms with Gasteiger partial charge in [-0.1, -0.05) is 6.92 Å². The minimum absolute atomic E-state index is 0.629. The van der Waals surface area contributed by atoms with Gasteiger partial charge in [0.25, 0.3) is 0 Å². The van der Waals surface area contributed by atoms with Crippen molar-refractivity contribution in [3.8, 4) is 0 Å². The second-order valence-electron chi connectivity index (χ2n) is 4.16. The molecule has 0 saturated carbocycles. The zero-order valence-corrected chi connectivity index (χ0v) is 10.8. The van der Waals surface area contributed by atoms with Crippen LogP contribution in [0.4, 0.5) is 0 Å². The minimum Gasteiger partial charge on any atom is -0.387 e. The largest absolute Gasteiger partial charge is 0.387 e. The van der Waals surface area contributed by atoms with Crippen molar-refractivity contribution in [3.05, 3.63) is 16.4 Å². The highest BCUT2D eigenvalue weighted by Crippen LogP contribution is 2.30. The van der Waals surface area contributed by atoms with E-state index in [1.807, 2.05) is 6.92 Å². The molecule has 1 aromatic heterocycles. The van der Waals surface area contributed by atoms with Gasteiger partial charge in [-0.2, -0.15) is 5.10 Å². The summed E-state index contributed by atoms with van der Waals surface area (Å²) < 4.78 is 2.44. The van der Waals surface area contributed by atoms with Crippen LogP contribution in [0.15, 0.2) is 10.7 Å². The highest BCUT2D eigenvalue weighted by atomic mass is 79.9. The average Bonchev–Trinajstić information content (AvgIpc) is 2.45. The van der Waals surface area contributed by atoms with E-state index in [4.69, 9.17) is 0 Å². The molecular weight excluding hydrogens is 260 g/mol. The van der Waals surface area contributed by atoms with Gasteiger partial charge in [0.05, 0.1) is 22.0 Å².